The number of carbonyl (C=O) groups is 2. The second-order valence-corrected chi connectivity index (χ2v) is 11.7. The number of nitrogens with one attached hydrogen (secondary N) is 1. The van der Waals surface area contributed by atoms with Crippen LogP contribution in [-0.4, -0.2) is 46.3 Å². The Labute approximate surface area is 167 Å². The van der Waals surface area contributed by atoms with Crippen molar-refractivity contribution in [3.63, 3.8) is 0 Å². The van der Waals surface area contributed by atoms with Gasteiger partial charge in [0, 0.05) is 36.2 Å². The molecule has 4 bridgehead atoms. The van der Waals surface area contributed by atoms with Gasteiger partial charge < -0.3 is 10.2 Å². The van der Waals surface area contributed by atoms with Crippen molar-refractivity contribution < 1.29 is 9.59 Å². The van der Waals surface area contributed by atoms with E-state index in [1.165, 1.54) is 64.2 Å². The van der Waals surface area contributed by atoms with Crippen LogP contribution in [0.2, 0.25) is 0 Å². The fourth-order valence-electron chi connectivity index (χ4n) is 7.25. The monoisotopic (exact) mass is 390 g/mol. The first-order valence-corrected chi connectivity index (χ1v) is 12.3. The summed E-state index contributed by atoms with van der Waals surface area (Å²) in [6, 6.07) is 0.477. The molecule has 0 aromatic heterocycles. The van der Waals surface area contributed by atoms with Gasteiger partial charge in [-0.2, -0.15) is 0 Å². The quantitative estimate of drug-likeness (QED) is 0.754. The second-order valence-electron chi connectivity index (χ2n) is 10.2. The molecule has 1 aliphatic heterocycles. The highest BCUT2D eigenvalue weighted by atomic mass is 32.2. The first kappa shape index (κ1) is 18.3. The molecule has 0 spiro atoms. The maximum Gasteiger partial charge on any atom is 0.230 e. The van der Waals surface area contributed by atoms with Crippen LogP contribution >= 0.6 is 11.8 Å². The molecule has 6 fully saturated rings. The molecule has 1 atom stereocenters. The summed E-state index contributed by atoms with van der Waals surface area (Å²) < 4.78 is 0.411. The molecule has 5 heteroatoms. The number of rotatable bonds is 6. The molecule has 4 nitrogen and oxygen atoms in total. The SMILES string of the molecule is O=C(CSC12CC3CC(CC(C3)C1)C2)NCC1CC(=O)N(C2CCCC2)C1. The highest BCUT2D eigenvalue weighted by Gasteiger charge is 2.51. The Bertz CT molecular complexity index is 566. The summed E-state index contributed by atoms with van der Waals surface area (Å²) in [4.78, 5) is 26.9. The van der Waals surface area contributed by atoms with Crippen LogP contribution in [0.25, 0.3) is 0 Å². The van der Waals surface area contributed by atoms with Crippen LogP contribution in [0, 0.1) is 23.7 Å². The van der Waals surface area contributed by atoms with E-state index in [1.807, 2.05) is 11.8 Å². The van der Waals surface area contributed by atoms with Gasteiger partial charge in [-0.15, -0.1) is 11.8 Å². The lowest BCUT2D eigenvalue weighted by Gasteiger charge is -2.56. The number of amides is 2. The summed E-state index contributed by atoms with van der Waals surface area (Å²) in [5, 5.41) is 3.15. The molecule has 5 aliphatic carbocycles. The molecule has 27 heavy (non-hydrogen) atoms. The topological polar surface area (TPSA) is 49.4 Å². The van der Waals surface area contributed by atoms with Gasteiger partial charge in [-0.1, -0.05) is 12.8 Å². The number of hydrogen-bond donors (Lipinski definition) is 1. The van der Waals surface area contributed by atoms with Gasteiger partial charge in [0.05, 0.1) is 5.75 Å². The zero-order valence-electron chi connectivity index (χ0n) is 16.5. The first-order valence-electron chi connectivity index (χ1n) is 11.3. The molecule has 1 N–H and O–H groups in total. The molecule has 2 amide bonds. The molecule has 0 radical (unpaired) electrons. The molecule has 5 saturated carbocycles. The predicted octanol–water partition coefficient (Wildman–Crippen LogP) is 3.60. The Morgan fingerprint density at radius 3 is 2.33 bits per heavy atom. The van der Waals surface area contributed by atoms with Crippen molar-refractivity contribution in [3.8, 4) is 0 Å². The van der Waals surface area contributed by atoms with E-state index in [1.54, 1.807) is 0 Å². The predicted molar refractivity (Wildman–Crippen MR) is 108 cm³/mol. The standard InChI is InChI=1S/C22H34N2O2S/c25-20(14-27-22-9-15-5-16(10-22)7-17(6-15)11-22)23-12-18-8-21(26)24(13-18)19-3-1-2-4-19/h15-19H,1-14H2,(H,23,25). The lowest BCUT2D eigenvalue weighted by atomic mass is 9.56. The fraction of sp³-hybridized carbons (Fsp3) is 0.909. The van der Waals surface area contributed by atoms with Gasteiger partial charge >= 0.3 is 0 Å². The van der Waals surface area contributed by atoms with Gasteiger partial charge in [0.1, 0.15) is 0 Å². The fourth-order valence-corrected chi connectivity index (χ4v) is 8.85. The Morgan fingerprint density at radius 2 is 1.70 bits per heavy atom. The van der Waals surface area contributed by atoms with Crippen molar-refractivity contribution in [1.29, 1.82) is 0 Å². The summed E-state index contributed by atoms with van der Waals surface area (Å²) in [6.45, 7) is 1.53. The summed E-state index contributed by atoms with van der Waals surface area (Å²) in [7, 11) is 0. The number of nitrogens with zero attached hydrogens (tertiary/aromatic N) is 1. The van der Waals surface area contributed by atoms with E-state index >= 15 is 0 Å². The molecule has 6 rings (SSSR count). The second kappa shape index (κ2) is 7.27. The molecule has 1 saturated heterocycles. The van der Waals surface area contributed by atoms with Crippen LogP contribution < -0.4 is 5.32 Å². The van der Waals surface area contributed by atoms with Crippen LogP contribution in [0.1, 0.15) is 70.6 Å². The number of likely N-dealkylation sites (tertiary alicyclic amines) is 1. The van der Waals surface area contributed by atoms with Crippen LogP contribution in [0.15, 0.2) is 0 Å². The van der Waals surface area contributed by atoms with Gasteiger partial charge in [-0.25, -0.2) is 0 Å². The molecular formula is C22H34N2O2S. The maximum absolute atomic E-state index is 12.5. The van der Waals surface area contributed by atoms with Gasteiger partial charge in [-0.3, -0.25) is 9.59 Å². The average Bonchev–Trinajstić information content (AvgIpc) is 3.26. The molecular weight excluding hydrogens is 356 g/mol. The van der Waals surface area contributed by atoms with Gasteiger partial charge in [-0.05, 0) is 69.1 Å². The van der Waals surface area contributed by atoms with Crippen LogP contribution in [0.3, 0.4) is 0 Å². The van der Waals surface area contributed by atoms with Gasteiger partial charge in [0.2, 0.25) is 11.8 Å². The van der Waals surface area contributed by atoms with E-state index < -0.39 is 0 Å². The van der Waals surface area contributed by atoms with Crippen molar-refractivity contribution >= 4 is 23.6 Å². The zero-order chi connectivity index (χ0) is 18.4. The third-order valence-corrected chi connectivity index (χ3v) is 9.60. The Kier molecular flexibility index (Phi) is 4.94. The van der Waals surface area contributed by atoms with E-state index in [9.17, 15) is 9.59 Å². The van der Waals surface area contributed by atoms with E-state index in [2.05, 4.69) is 10.2 Å². The van der Waals surface area contributed by atoms with Crippen LogP contribution in [-0.2, 0) is 9.59 Å². The summed E-state index contributed by atoms with van der Waals surface area (Å²) in [5.74, 6) is 4.24. The van der Waals surface area contributed by atoms with Crippen LogP contribution in [0.5, 0.6) is 0 Å². The van der Waals surface area contributed by atoms with E-state index in [0.29, 0.717) is 41.3 Å². The number of carbonyl (C=O) groups excluding carboxylic acids is 2. The summed E-state index contributed by atoms with van der Waals surface area (Å²) in [5.41, 5.74) is 0. The smallest absolute Gasteiger partial charge is 0.230 e. The average molecular weight is 391 g/mol. The Balaban J connectivity index is 1.07. The lowest BCUT2D eigenvalue weighted by molar-refractivity contribution is -0.129. The first-order chi connectivity index (χ1) is 13.1. The minimum absolute atomic E-state index is 0.183. The molecule has 1 heterocycles. The van der Waals surface area contributed by atoms with Crippen molar-refractivity contribution in [2.45, 2.75) is 81.4 Å². The summed E-state index contributed by atoms with van der Waals surface area (Å²) in [6.07, 6.45) is 13.9. The van der Waals surface area contributed by atoms with Crippen molar-refractivity contribution in [2.75, 3.05) is 18.8 Å². The minimum atomic E-state index is 0.183. The zero-order valence-corrected chi connectivity index (χ0v) is 17.3. The Morgan fingerprint density at radius 1 is 1.07 bits per heavy atom. The molecule has 1 unspecified atom stereocenters. The van der Waals surface area contributed by atoms with E-state index in [-0.39, 0.29) is 5.91 Å². The van der Waals surface area contributed by atoms with Crippen molar-refractivity contribution in [1.82, 2.24) is 10.2 Å². The maximum atomic E-state index is 12.5. The molecule has 150 valence electrons. The highest BCUT2D eigenvalue weighted by Crippen LogP contribution is 2.60. The minimum Gasteiger partial charge on any atom is -0.355 e. The molecule has 6 aliphatic rings. The van der Waals surface area contributed by atoms with Crippen molar-refractivity contribution in [3.05, 3.63) is 0 Å². The lowest BCUT2D eigenvalue weighted by Crippen LogP contribution is -2.49. The number of hydrogen-bond acceptors (Lipinski definition) is 3. The van der Waals surface area contributed by atoms with Gasteiger partial charge in [0.25, 0.3) is 0 Å². The number of thioether (sulfide) groups is 1. The molecule has 0 aromatic rings. The highest BCUT2D eigenvalue weighted by molar-refractivity contribution is 8.01. The van der Waals surface area contributed by atoms with E-state index in [0.717, 1.165) is 24.3 Å². The summed E-state index contributed by atoms with van der Waals surface area (Å²) >= 11 is 1.96. The van der Waals surface area contributed by atoms with E-state index in [4.69, 9.17) is 0 Å². The van der Waals surface area contributed by atoms with Gasteiger partial charge in [0.15, 0.2) is 0 Å². The van der Waals surface area contributed by atoms with Crippen molar-refractivity contribution in [2.24, 2.45) is 23.7 Å². The van der Waals surface area contributed by atoms with Crippen LogP contribution in [0.4, 0.5) is 0 Å². The largest absolute Gasteiger partial charge is 0.355 e. The molecule has 0 aromatic carbocycles. The Hall–Kier alpha value is -0.710. The third kappa shape index (κ3) is 3.77. The normalized spacial score (nSPS) is 40.9. The third-order valence-electron chi connectivity index (χ3n) is 8.08.